The third-order valence-electron chi connectivity index (χ3n) is 2.35. The van der Waals surface area contributed by atoms with Gasteiger partial charge in [0.05, 0.1) is 4.92 Å². The molecule has 0 aliphatic rings. The second-order valence-corrected chi connectivity index (χ2v) is 3.57. The molecule has 0 atom stereocenters. The maximum Gasteiger partial charge on any atom is 0.294 e. The third kappa shape index (κ3) is 2.90. The number of nitrogens with zero attached hydrogens (tertiary/aromatic N) is 3. The standard InChI is InChI=1S/C12H11N5O2/c13-16-12(10-6-3-4-8-14-10)15-9-5-1-2-7-11(9)17(18)19/h1-8H,13H2,(H,15,16). The summed E-state index contributed by atoms with van der Waals surface area (Å²) in [5.41, 5.74) is 3.02. The molecule has 2 aromatic rings. The molecule has 19 heavy (non-hydrogen) atoms. The van der Waals surface area contributed by atoms with Crippen LogP contribution in [0.2, 0.25) is 0 Å². The Bertz CT molecular complexity index is 613. The Balaban J connectivity index is 2.47. The number of nitro benzene ring substituents is 1. The monoisotopic (exact) mass is 257 g/mol. The number of nitro groups is 1. The van der Waals surface area contributed by atoms with E-state index < -0.39 is 4.92 Å². The van der Waals surface area contributed by atoms with E-state index in [0.29, 0.717) is 5.69 Å². The number of benzene rings is 1. The van der Waals surface area contributed by atoms with Gasteiger partial charge >= 0.3 is 0 Å². The fraction of sp³-hybridized carbons (Fsp3) is 0. The van der Waals surface area contributed by atoms with Gasteiger partial charge < -0.3 is 5.43 Å². The number of nitrogens with one attached hydrogen (secondary N) is 1. The lowest BCUT2D eigenvalue weighted by Gasteiger charge is -2.04. The van der Waals surface area contributed by atoms with E-state index in [1.807, 2.05) is 0 Å². The minimum absolute atomic E-state index is 0.0915. The quantitative estimate of drug-likeness (QED) is 0.285. The van der Waals surface area contributed by atoms with E-state index in [4.69, 9.17) is 5.84 Å². The molecule has 1 heterocycles. The number of rotatable bonds is 3. The van der Waals surface area contributed by atoms with Crippen LogP contribution in [0.15, 0.2) is 53.7 Å². The molecular formula is C12H11N5O2. The zero-order valence-corrected chi connectivity index (χ0v) is 9.85. The molecule has 2 rings (SSSR count). The van der Waals surface area contributed by atoms with Crippen molar-refractivity contribution >= 4 is 17.2 Å². The Hall–Kier alpha value is -2.80. The van der Waals surface area contributed by atoms with Crippen LogP contribution >= 0.6 is 0 Å². The van der Waals surface area contributed by atoms with Crippen LogP contribution in [0, 0.1) is 10.1 Å². The third-order valence-corrected chi connectivity index (χ3v) is 2.35. The number of aliphatic imine (C=N–C) groups is 1. The maximum absolute atomic E-state index is 10.9. The van der Waals surface area contributed by atoms with E-state index in [0.717, 1.165) is 0 Å². The van der Waals surface area contributed by atoms with Gasteiger partial charge in [-0.3, -0.25) is 15.1 Å². The summed E-state index contributed by atoms with van der Waals surface area (Å²) >= 11 is 0. The normalized spacial score (nSPS) is 11.1. The molecule has 0 radical (unpaired) electrons. The van der Waals surface area contributed by atoms with Crippen molar-refractivity contribution in [3.63, 3.8) is 0 Å². The smallest absolute Gasteiger partial charge is 0.294 e. The summed E-state index contributed by atoms with van der Waals surface area (Å²) in [4.78, 5) is 18.6. The van der Waals surface area contributed by atoms with Crippen LogP contribution in [-0.2, 0) is 0 Å². The largest absolute Gasteiger partial charge is 0.307 e. The van der Waals surface area contributed by atoms with Gasteiger partial charge in [-0.15, -0.1) is 0 Å². The number of nitrogens with two attached hydrogens (primary N) is 1. The second kappa shape index (κ2) is 5.69. The predicted octanol–water partition coefficient (Wildman–Crippen LogP) is 1.53. The van der Waals surface area contributed by atoms with Crippen LogP contribution in [0.4, 0.5) is 11.4 Å². The van der Waals surface area contributed by atoms with Crippen LogP contribution in [0.25, 0.3) is 0 Å². The molecule has 0 fully saturated rings. The van der Waals surface area contributed by atoms with Gasteiger partial charge in [0.15, 0.2) is 5.84 Å². The molecule has 0 bridgehead atoms. The first kappa shape index (κ1) is 12.7. The average Bonchev–Trinajstić information content (AvgIpc) is 2.46. The minimum atomic E-state index is -0.495. The number of pyridine rings is 1. The Labute approximate surface area is 108 Å². The number of amidine groups is 1. The van der Waals surface area contributed by atoms with Crippen LogP contribution < -0.4 is 11.3 Å². The van der Waals surface area contributed by atoms with Crippen molar-refractivity contribution in [2.75, 3.05) is 0 Å². The number of aromatic nitrogens is 1. The highest BCUT2D eigenvalue weighted by atomic mass is 16.6. The molecule has 3 N–H and O–H groups in total. The molecule has 0 aliphatic heterocycles. The molecule has 0 saturated carbocycles. The van der Waals surface area contributed by atoms with Crippen LogP contribution in [-0.4, -0.2) is 15.7 Å². The van der Waals surface area contributed by atoms with Gasteiger partial charge in [-0.1, -0.05) is 18.2 Å². The highest BCUT2D eigenvalue weighted by molar-refractivity contribution is 5.98. The van der Waals surface area contributed by atoms with Crippen LogP contribution in [0.5, 0.6) is 0 Å². The zero-order valence-electron chi connectivity index (χ0n) is 9.85. The summed E-state index contributed by atoms with van der Waals surface area (Å²) in [7, 11) is 0. The topological polar surface area (TPSA) is 106 Å². The van der Waals surface area contributed by atoms with E-state index in [-0.39, 0.29) is 17.2 Å². The molecular weight excluding hydrogens is 246 g/mol. The summed E-state index contributed by atoms with van der Waals surface area (Å²) in [5.74, 6) is 5.65. The van der Waals surface area contributed by atoms with E-state index in [1.165, 1.54) is 6.07 Å². The first-order valence-electron chi connectivity index (χ1n) is 5.42. The van der Waals surface area contributed by atoms with Crippen molar-refractivity contribution in [2.24, 2.45) is 10.8 Å². The highest BCUT2D eigenvalue weighted by Crippen LogP contribution is 2.26. The minimum Gasteiger partial charge on any atom is -0.307 e. The van der Waals surface area contributed by atoms with Crippen molar-refractivity contribution in [3.8, 4) is 0 Å². The van der Waals surface area contributed by atoms with Gasteiger partial charge in [-0.25, -0.2) is 10.8 Å². The molecule has 1 aromatic carbocycles. The van der Waals surface area contributed by atoms with Crippen LogP contribution in [0.1, 0.15) is 5.69 Å². The molecule has 0 spiro atoms. The maximum atomic E-state index is 10.9. The van der Waals surface area contributed by atoms with Gasteiger partial charge in [0.1, 0.15) is 11.4 Å². The lowest BCUT2D eigenvalue weighted by molar-refractivity contribution is -0.384. The molecule has 0 amide bonds. The first-order chi connectivity index (χ1) is 9.22. The SMILES string of the molecule is NNC(=Nc1ccccc1[N+](=O)[O-])c1ccccn1. The summed E-state index contributed by atoms with van der Waals surface area (Å²) in [6.07, 6.45) is 1.58. The Morgan fingerprint density at radius 1 is 1.26 bits per heavy atom. The number of hydrogen-bond donors (Lipinski definition) is 2. The lowest BCUT2D eigenvalue weighted by atomic mass is 10.2. The highest BCUT2D eigenvalue weighted by Gasteiger charge is 2.13. The van der Waals surface area contributed by atoms with Crippen molar-refractivity contribution in [1.29, 1.82) is 0 Å². The van der Waals surface area contributed by atoms with Crippen molar-refractivity contribution in [1.82, 2.24) is 10.4 Å². The van der Waals surface area contributed by atoms with Gasteiger partial charge in [-0.2, -0.15) is 0 Å². The van der Waals surface area contributed by atoms with Gasteiger partial charge in [0.25, 0.3) is 5.69 Å². The fourth-order valence-electron chi connectivity index (χ4n) is 1.50. The van der Waals surface area contributed by atoms with E-state index >= 15 is 0 Å². The zero-order chi connectivity index (χ0) is 13.7. The molecule has 7 heteroatoms. The molecule has 0 saturated heterocycles. The summed E-state index contributed by atoms with van der Waals surface area (Å²) in [6.45, 7) is 0. The van der Waals surface area contributed by atoms with Gasteiger partial charge in [0.2, 0.25) is 0 Å². The molecule has 0 aliphatic carbocycles. The fourth-order valence-corrected chi connectivity index (χ4v) is 1.50. The number of hydrogen-bond acceptors (Lipinski definition) is 5. The number of para-hydroxylation sites is 2. The van der Waals surface area contributed by atoms with Gasteiger partial charge in [-0.05, 0) is 18.2 Å². The van der Waals surface area contributed by atoms with Crippen LogP contribution in [0.3, 0.4) is 0 Å². The Morgan fingerprint density at radius 3 is 2.63 bits per heavy atom. The Morgan fingerprint density at radius 2 is 2.00 bits per heavy atom. The lowest BCUT2D eigenvalue weighted by Crippen LogP contribution is -2.31. The molecule has 96 valence electrons. The number of hydrazine groups is 1. The van der Waals surface area contributed by atoms with Crippen molar-refractivity contribution in [2.45, 2.75) is 0 Å². The van der Waals surface area contributed by atoms with Crippen molar-refractivity contribution in [3.05, 3.63) is 64.5 Å². The van der Waals surface area contributed by atoms with E-state index in [2.05, 4.69) is 15.4 Å². The first-order valence-corrected chi connectivity index (χ1v) is 5.42. The second-order valence-electron chi connectivity index (χ2n) is 3.57. The summed E-state index contributed by atoms with van der Waals surface area (Å²) in [6, 6.07) is 11.4. The molecule has 0 unspecified atom stereocenters. The summed E-state index contributed by atoms with van der Waals surface area (Å²) < 4.78 is 0. The summed E-state index contributed by atoms with van der Waals surface area (Å²) in [5, 5.41) is 10.9. The van der Waals surface area contributed by atoms with E-state index in [1.54, 1.807) is 42.6 Å². The Kier molecular flexibility index (Phi) is 3.79. The van der Waals surface area contributed by atoms with Crippen molar-refractivity contribution < 1.29 is 4.92 Å². The predicted molar refractivity (Wildman–Crippen MR) is 70.9 cm³/mol. The molecule has 1 aromatic heterocycles. The molecule has 7 nitrogen and oxygen atoms in total. The van der Waals surface area contributed by atoms with Gasteiger partial charge in [0, 0.05) is 12.3 Å². The van der Waals surface area contributed by atoms with E-state index in [9.17, 15) is 10.1 Å². The average molecular weight is 257 g/mol.